The van der Waals surface area contributed by atoms with Gasteiger partial charge in [0.05, 0.1) is 6.61 Å². The van der Waals surface area contributed by atoms with E-state index in [1.807, 2.05) is 6.92 Å². The molecule has 1 atom stereocenters. The van der Waals surface area contributed by atoms with Crippen LogP contribution in [0, 0.1) is 0 Å². The summed E-state index contributed by atoms with van der Waals surface area (Å²) in [6, 6.07) is 6.25. The summed E-state index contributed by atoms with van der Waals surface area (Å²) >= 11 is 0. The lowest BCUT2D eigenvalue weighted by Crippen LogP contribution is -2.16. The highest BCUT2D eigenvalue weighted by molar-refractivity contribution is 7.87. The molecule has 0 aromatic heterocycles. The Hall–Kier alpha value is -1.07. The topological polar surface area (TPSA) is 63.6 Å². The van der Waals surface area contributed by atoms with E-state index in [1.54, 1.807) is 19.1 Å². The van der Waals surface area contributed by atoms with Crippen molar-refractivity contribution in [2.24, 2.45) is 0 Å². The number of aromatic hydroxyl groups is 1. The van der Waals surface area contributed by atoms with Crippen molar-refractivity contribution in [2.45, 2.75) is 38.4 Å². The lowest BCUT2D eigenvalue weighted by molar-refractivity contribution is 0.328. The van der Waals surface area contributed by atoms with E-state index in [0.29, 0.717) is 12.0 Å². The van der Waals surface area contributed by atoms with E-state index in [9.17, 15) is 13.5 Å². The minimum atomic E-state index is -3.59. The van der Waals surface area contributed by atoms with Gasteiger partial charge in [-0.2, -0.15) is 8.42 Å². The monoisotopic (exact) mass is 272 g/mol. The van der Waals surface area contributed by atoms with Gasteiger partial charge in [-0.15, -0.1) is 0 Å². The second kappa shape index (κ2) is 6.75. The molecule has 0 amide bonds. The number of phenolic OH excluding ortho intramolecular Hbond substituents is 1. The maximum absolute atomic E-state index is 12.0. The van der Waals surface area contributed by atoms with Gasteiger partial charge in [-0.05, 0) is 31.0 Å². The van der Waals surface area contributed by atoms with Crippen molar-refractivity contribution in [3.8, 4) is 5.75 Å². The number of phenols is 1. The Morgan fingerprint density at radius 3 is 2.33 bits per heavy atom. The number of unbranched alkanes of at least 4 members (excludes halogenated alkanes) is 1. The molecule has 1 aromatic carbocycles. The van der Waals surface area contributed by atoms with Crippen LogP contribution in [-0.2, 0) is 14.3 Å². The molecule has 0 saturated carbocycles. The minimum Gasteiger partial charge on any atom is -0.508 e. The first-order valence-corrected chi connectivity index (χ1v) is 7.65. The smallest absolute Gasteiger partial charge is 0.274 e. The van der Waals surface area contributed by atoms with Gasteiger partial charge in [0.1, 0.15) is 11.0 Å². The summed E-state index contributed by atoms with van der Waals surface area (Å²) in [6.45, 7) is 3.81. The molecular weight excluding hydrogens is 252 g/mol. The molecule has 0 spiro atoms. The zero-order valence-electron chi connectivity index (χ0n) is 10.8. The quantitative estimate of drug-likeness (QED) is 0.775. The van der Waals surface area contributed by atoms with Crippen molar-refractivity contribution in [1.82, 2.24) is 0 Å². The molecule has 5 heteroatoms. The van der Waals surface area contributed by atoms with Crippen molar-refractivity contribution >= 4 is 10.1 Å². The molecule has 0 bridgehead atoms. The fraction of sp³-hybridized carbons (Fsp3) is 0.538. The van der Waals surface area contributed by atoms with Crippen LogP contribution in [0.25, 0.3) is 0 Å². The Morgan fingerprint density at radius 1 is 1.22 bits per heavy atom. The predicted molar refractivity (Wildman–Crippen MR) is 70.9 cm³/mol. The van der Waals surface area contributed by atoms with Crippen molar-refractivity contribution in [3.63, 3.8) is 0 Å². The van der Waals surface area contributed by atoms with Crippen molar-refractivity contribution in [1.29, 1.82) is 0 Å². The molecule has 4 nitrogen and oxygen atoms in total. The predicted octanol–water partition coefficient (Wildman–Crippen LogP) is 2.99. The van der Waals surface area contributed by atoms with Crippen LogP contribution in [0.4, 0.5) is 0 Å². The SMILES string of the molecule is CCCCC(c1ccc(O)cc1)S(=O)(=O)OCC. The third kappa shape index (κ3) is 3.99. The highest BCUT2D eigenvalue weighted by Gasteiger charge is 2.27. The molecule has 0 heterocycles. The van der Waals surface area contributed by atoms with Gasteiger partial charge in [-0.1, -0.05) is 31.9 Å². The first-order valence-electron chi connectivity index (χ1n) is 6.18. The van der Waals surface area contributed by atoms with Gasteiger partial charge in [0, 0.05) is 0 Å². The molecule has 0 fully saturated rings. The molecule has 0 radical (unpaired) electrons. The van der Waals surface area contributed by atoms with Crippen molar-refractivity contribution in [3.05, 3.63) is 29.8 Å². The van der Waals surface area contributed by atoms with Gasteiger partial charge in [0.25, 0.3) is 10.1 Å². The van der Waals surface area contributed by atoms with E-state index in [2.05, 4.69) is 0 Å². The van der Waals surface area contributed by atoms with Crippen LogP contribution in [-0.4, -0.2) is 20.1 Å². The number of hydrogen-bond acceptors (Lipinski definition) is 4. The molecule has 0 saturated heterocycles. The van der Waals surface area contributed by atoms with Crippen LogP contribution in [0.15, 0.2) is 24.3 Å². The Bertz CT molecular complexity index is 450. The largest absolute Gasteiger partial charge is 0.508 e. The summed E-state index contributed by atoms with van der Waals surface area (Å²) in [5.41, 5.74) is 0.662. The van der Waals surface area contributed by atoms with E-state index in [1.165, 1.54) is 12.1 Å². The molecule has 0 aliphatic carbocycles. The minimum absolute atomic E-state index is 0.127. The van der Waals surface area contributed by atoms with Gasteiger partial charge >= 0.3 is 0 Å². The van der Waals surface area contributed by atoms with Crippen LogP contribution in [0.1, 0.15) is 43.9 Å². The first-order chi connectivity index (χ1) is 8.51. The van der Waals surface area contributed by atoms with Crippen LogP contribution in [0.2, 0.25) is 0 Å². The molecule has 1 aromatic rings. The van der Waals surface area contributed by atoms with Gasteiger partial charge in [0.2, 0.25) is 0 Å². The van der Waals surface area contributed by atoms with E-state index >= 15 is 0 Å². The maximum atomic E-state index is 12.0. The highest BCUT2D eigenvalue weighted by atomic mass is 32.2. The van der Waals surface area contributed by atoms with Gasteiger partial charge in [-0.3, -0.25) is 4.18 Å². The second-order valence-electron chi connectivity index (χ2n) is 4.12. The van der Waals surface area contributed by atoms with Crippen LogP contribution < -0.4 is 0 Å². The summed E-state index contributed by atoms with van der Waals surface area (Å²) in [5.74, 6) is 0.127. The molecule has 1 N–H and O–H groups in total. The van der Waals surface area contributed by atoms with E-state index in [4.69, 9.17) is 4.18 Å². The zero-order chi connectivity index (χ0) is 13.6. The normalized spacial score (nSPS) is 13.4. The third-order valence-corrected chi connectivity index (χ3v) is 4.48. The standard InChI is InChI=1S/C13H20O4S/c1-3-5-6-13(18(15,16)17-4-2)11-7-9-12(14)10-8-11/h7-10,13-14H,3-6H2,1-2H3. The summed E-state index contributed by atoms with van der Waals surface area (Å²) in [5, 5.41) is 8.59. The van der Waals surface area contributed by atoms with Crippen LogP contribution >= 0.6 is 0 Å². The molecule has 1 rings (SSSR count). The third-order valence-electron chi connectivity index (χ3n) is 2.72. The zero-order valence-corrected chi connectivity index (χ0v) is 11.6. The Kier molecular flexibility index (Phi) is 5.62. The molecular formula is C13H20O4S. The Morgan fingerprint density at radius 2 is 1.83 bits per heavy atom. The fourth-order valence-corrected chi connectivity index (χ4v) is 3.24. The van der Waals surface area contributed by atoms with Gasteiger partial charge in [0.15, 0.2) is 0 Å². The summed E-state index contributed by atoms with van der Waals surface area (Å²) in [4.78, 5) is 0. The average Bonchev–Trinajstić information content (AvgIpc) is 2.31. The molecule has 1 unspecified atom stereocenters. The van der Waals surface area contributed by atoms with E-state index < -0.39 is 15.4 Å². The van der Waals surface area contributed by atoms with Crippen LogP contribution in [0.3, 0.4) is 0 Å². The number of hydrogen-bond donors (Lipinski definition) is 1. The lowest BCUT2D eigenvalue weighted by atomic mass is 10.1. The molecule has 102 valence electrons. The second-order valence-corrected chi connectivity index (χ2v) is 5.91. The molecule has 0 aliphatic heterocycles. The van der Waals surface area contributed by atoms with Crippen molar-refractivity contribution in [2.75, 3.05) is 6.61 Å². The fourth-order valence-electron chi connectivity index (χ4n) is 1.80. The highest BCUT2D eigenvalue weighted by Crippen LogP contribution is 2.30. The van der Waals surface area contributed by atoms with Crippen molar-refractivity contribution < 1.29 is 17.7 Å². The Balaban J connectivity index is 3.01. The summed E-state index contributed by atoms with van der Waals surface area (Å²) in [6.07, 6.45) is 2.28. The molecule has 18 heavy (non-hydrogen) atoms. The first kappa shape index (κ1) is 15.0. The maximum Gasteiger partial charge on any atom is 0.274 e. The number of rotatable bonds is 7. The van der Waals surface area contributed by atoms with Gasteiger partial charge in [-0.25, -0.2) is 0 Å². The summed E-state index contributed by atoms with van der Waals surface area (Å²) < 4.78 is 29.0. The summed E-state index contributed by atoms with van der Waals surface area (Å²) in [7, 11) is -3.59. The Labute approximate surface area is 109 Å². The average molecular weight is 272 g/mol. The van der Waals surface area contributed by atoms with Gasteiger partial charge < -0.3 is 5.11 Å². The van der Waals surface area contributed by atoms with E-state index in [-0.39, 0.29) is 12.4 Å². The van der Waals surface area contributed by atoms with Crippen LogP contribution in [0.5, 0.6) is 5.75 Å². The molecule has 0 aliphatic rings. The lowest BCUT2D eigenvalue weighted by Gasteiger charge is -2.17. The number of benzene rings is 1. The van der Waals surface area contributed by atoms with E-state index in [0.717, 1.165) is 12.8 Å².